The fraction of sp³-hybridized carbons (Fsp3) is 0.519. The van der Waals surface area contributed by atoms with Gasteiger partial charge in [0, 0.05) is 41.9 Å². The van der Waals surface area contributed by atoms with Crippen molar-refractivity contribution in [1.82, 2.24) is 10.2 Å². The topological polar surface area (TPSA) is 35.6 Å². The van der Waals surface area contributed by atoms with Crippen LogP contribution in [0.3, 0.4) is 0 Å². The summed E-state index contributed by atoms with van der Waals surface area (Å²) < 4.78 is 0. The van der Waals surface area contributed by atoms with Crippen molar-refractivity contribution in [2.24, 2.45) is 0 Å². The summed E-state index contributed by atoms with van der Waals surface area (Å²) in [5, 5.41) is 4.97. The fourth-order valence-electron chi connectivity index (χ4n) is 4.20. The Labute approximate surface area is 210 Å². The summed E-state index contributed by atoms with van der Waals surface area (Å²) in [7, 11) is 0. The smallest absolute Gasteiger partial charge is 0.239 e. The number of nitrogens with zero attached hydrogens (tertiary/aromatic N) is 2. The standard InChI is InChI=1S/C19H28ClN3O.C6H5Cl.C2H6/c1-2-5-15-14-16(20)7-8-18(15)22-10-12-23(13-11-22)19(24)17-6-3-4-9-21-17;7-6-4-2-1-3-5-6;1-2/h7-8,14,17,21H,2-6,9-13H2,1H3;1-5H;1-2H3. The number of piperidine rings is 1. The number of aryl methyl sites for hydroxylation is 1. The van der Waals surface area contributed by atoms with Gasteiger partial charge in [-0.2, -0.15) is 0 Å². The summed E-state index contributed by atoms with van der Waals surface area (Å²) in [5.74, 6) is 0.291. The first kappa shape index (κ1) is 27.5. The van der Waals surface area contributed by atoms with Crippen LogP contribution in [0.1, 0.15) is 52.0 Å². The van der Waals surface area contributed by atoms with E-state index in [1.807, 2.05) is 55.1 Å². The Kier molecular flexibility index (Phi) is 12.7. The van der Waals surface area contributed by atoms with Gasteiger partial charge in [0.15, 0.2) is 0 Å². The van der Waals surface area contributed by atoms with E-state index >= 15 is 0 Å². The van der Waals surface area contributed by atoms with Crippen LogP contribution in [0.2, 0.25) is 10.0 Å². The van der Waals surface area contributed by atoms with E-state index in [0.29, 0.717) is 5.91 Å². The number of halogens is 2. The molecule has 4 rings (SSSR count). The van der Waals surface area contributed by atoms with E-state index in [0.717, 1.165) is 68.5 Å². The molecule has 1 atom stereocenters. The van der Waals surface area contributed by atoms with Gasteiger partial charge in [-0.1, -0.05) is 75.0 Å². The molecule has 2 aliphatic rings. The van der Waals surface area contributed by atoms with E-state index in [9.17, 15) is 4.79 Å². The van der Waals surface area contributed by atoms with Crippen LogP contribution < -0.4 is 10.2 Å². The molecule has 6 heteroatoms. The largest absolute Gasteiger partial charge is 0.368 e. The number of nitrogens with one attached hydrogen (secondary N) is 1. The lowest BCUT2D eigenvalue weighted by atomic mass is 10.0. The first-order valence-electron chi connectivity index (χ1n) is 12.3. The molecule has 0 saturated carbocycles. The first-order chi connectivity index (χ1) is 16.1. The van der Waals surface area contributed by atoms with Gasteiger partial charge < -0.3 is 15.1 Å². The van der Waals surface area contributed by atoms with Crippen molar-refractivity contribution in [2.45, 2.75) is 58.9 Å². The Balaban J connectivity index is 0.000000362. The lowest BCUT2D eigenvalue weighted by Gasteiger charge is -2.39. The maximum absolute atomic E-state index is 12.6. The Bertz CT molecular complexity index is 817. The Hall–Kier alpha value is -1.75. The monoisotopic (exact) mass is 491 g/mol. The van der Waals surface area contributed by atoms with Gasteiger partial charge in [-0.15, -0.1) is 0 Å². The molecule has 2 saturated heterocycles. The zero-order valence-electron chi connectivity index (χ0n) is 20.3. The minimum Gasteiger partial charge on any atom is -0.368 e. The van der Waals surface area contributed by atoms with Gasteiger partial charge in [-0.3, -0.25) is 4.79 Å². The summed E-state index contributed by atoms with van der Waals surface area (Å²) >= 11 is 11.7. The third-order valence-corrected chi connectivity index (χ3v) is 6.32. The van der Waals surface area contributed by atoms with Crippen molar-refractivity contribution in [3.63, 3.8) is 0 Å². The molecular formula is C27H39Cl2N3O. The molecule has 2 aromatic rings. The predicted octanol–water partition coefficient (Wildman–Crippen LogP) is 6.45. The van der Waals surface area contributed by atoms with Crippen molar-refractivity contribution in [1.29, 1.82) is 0 Å². The molecule has 1 amide bonds. The molecular weight excluding hydrogens is 453 g/mol. The molecule has 1 unspecified atom stereocenters. The van der Waals surface area contributed by atoms with Gasteiger partial charge in [-0.25, -0.2) is 0 Å². The lowest BCUT2D eigenvalue weighted by molar-refractivity contribution is -0.134. The Morgan fingerprint density at radius 3 is 2.21 bits per heavy atom. The lowest BCUT2D eigenvalue weighted by Crippen LogP contribution is -2.55. The van der Waals surface area contributed by atoms with Crippen molar-refractivity contribution in [3.05, 3.63) is 64.1 Å². The maximum Gasteiger partial charge on any atom is 0.239 e. The molecule has 2 aromatic carbocycles. The first-order valence-corrected chi connectivity index (χ1v) is 13.1. The molecule has 0 aromatic heterocycles. The van der Waals surface area contributed by atoms with E-state index < -0.39 is 0 Å². The Morgan fingerprint density at radius 2 is 1.67 bits per heavy atom. The van der Waals surface area contributed by atoms with Crippen LogP contribution in [0.15, 0.2) is 48.5 Å². The van der Waals surface area contributed by atoms with Gasteiger partial charge in [0.05, 0.1) is 6.04 Å². The third kappa shape index (κ3) is 8.84. The molecule has 2 fully saturated rings. The maximum atomic E-state index is 12.6. The van der Waals surface area contributed by atoms with E-state index in [-0.39, 0.29) is 6.04 Å². The highest BCUT2D eigenvalue weighted by Crippen LogP contribution is 2.27. The second-order valence-electron chi connectivity index (χ2n) is 8.13. The minimum atomic E-state index is 0.0384. The number of hydrogen-bond donors (Lipinski definition) is 1. The molecule has 0 aliphatic carbocycles. The number of amides is 1. The normalized spacial score (nSPS) is 17.9. The molecule has 182 valence electrons. The van der Waals surface area contributed by atoms with E-state index in [1.165, 1.54) is 17.7 Å². The number of carbonyl (C=O) groups is 1. The SMILES string of the molecule is CC.CCCc1cc(Cl)ccc1N1CCN(C(=O)C2CCCCN2)CC1.Clc1ccccc1. The molecule has 0 bridgehead atoms. The van der Waals surface area contributed by atoms with Crippen LogP contribution in [0.4, 0.5) is 5.69 Å². The molecule has 0 spiro atoms. The van der Waals surface area contributed by atoms with Gasteiger partial charge in [-0.05, 0) is 61.7 Å². The number of piperazine rings is 1. The second-order valence-corrected chi connectivity index (χ2v) is 9.01. The fourth-order valence-corrected chi connectivity index (χ4v) is 4.54. The van der Waals surface area contributed by atoms with Gasteiger partial charge in [0.2, 0.25) is 5.91 Å². The molecule has 0 radical (unpaired) electrons. The van der Waals surface area contributed by atoms with Gasteiger partial charge in [0.1, 0.15) is 0 Å². The number of carbonyl (C=O) groups excluding carboxylic acids is 1. The third-order valence-electron chi connectivity index (χ3n) is 5.83. The molecule has 1 N–H and O–H groups in total. The summed E-state index contributed by atoms with van der Waals surface area (Å²) in [4.78, 5) is 17.1. The number of rotatable bonds is 4. The van der Waals surface area contributed by atoms with Crippen LogP contribution in [-0.4, -0.2) is 49.6 Å². The quantitative estimate of drug-likeness (QED) is 0.533. The van der Waals surface area contributed by atoms with Crippen molar-refractivity contribution in [3.8, 4) is 0 Å². The highest BCUT2D eigenvalue weighted by molar-refractivity contribution is 6.30. The highest BCUT2D eigenvalue weighted by Gasteiger charge is 2.28. The van der Waals surface area contributed by atoms with Crippen molar-refractivity contribution < 1.29 is 4.79 Å². The molecule has 2 heterocycles. The molecule has 2 aliphatic heterocycles. The van der Waals surface area contributed by atoms with Crippen LogP contribution in [-0.2, 0) is 11.2 Å². The van der Waals surface area contributed by atoms with Crippen LogP contribution in [0.5, 0.6) is 0 Å². The summed E-state index contributed by atoms with van der Waals surface area (Å²) in [6.07, 6.45) is 5.49. The minimum absolute atomic E-state index is 0.0384. The van der Waals surface area contributed by atoms with E-state index in [4.69, 9.17) is 23.2 Å². The molecule has 4 nitrogen and oxygen atoms in total. The highest BCUT2D eigenvalue weighted by atomic mass is 35.5. The van der Waals surface area contributed by atoms with Crippen molar-refractivity contribution in [2.75, 3.05) is 37.6 Å². The number of anilines is 1. The number of benzene rings is 2. The molecule has 33 heavy (non-hydrogen) atoms. The Morgan fingerprint density at radius 1 is 0.970 bits per heavy atom. The summed E-state index contributed by atoms with van der Waals surface area (Å²) in [5.41, 5.74) is 2.60. The second kappa shape index (κ2) is 15.2. The van der Waals surface area contributed by atoms with Crippen LogP contribution in [0, 0.1) is 0 Å². The van der Waals surface area contributed by atoms with E-state index in [1.54, 1.807) is 0 Å². The van der Waals surface area contributed by atoms with Gasteiger partial charge in [0.25, 0.3) is 0 Å². The summed E-state index contributed by atoms with van der Waals surface area (Å²) in [6.45, 7) is 10.6. The zero-order valence-corrected chi connectivity index (χ0v) is 21.8. The van der Waals surface area contributed by atoms with Crippen LogP contribution >= 0.6 is 23.2 Å². The number of hydrogen-bond acceptors (Lipinski definition) is 3. The zero-order chi connectivity index (χ0) is 24.1. The predicted molar refractivity (Wildman–Crippen MR) is 143 cm³/mol. The van der Waals surface area contributed by atoms with E-state index in [2.05, 4.69) is 29.3 Å². The van der Waals surface area contributed by atoms with Gasteiger partial charge >= 0.3 is 0 Å². The average molecular weight is 493 g/mol. The van der Waals surface area contributed by atoms with Crippen LogP contribution in [0.25, 0.3) is 0 Å². The summed E-state index contributed by atoms with van der Waals surface area (Å²) in [6, 6.07) is 15.7. The van der Waals surface area contributed by atoms with Crippen molar-refractivity contribution >= 4 is 34.8 Å². The average Bonchev–Trinajstić information content (AvgIpc) is 2.87.